The molecule has 3 rings (SSSR count). The summed E-state index contributed by atoms with van der Waals surface area (Å²) < 4.78 is 37.8. The minimum atomic E-state index is -3.60. The Morgan fingerprint density at radius 3 is 2.73 bits per heavy atom. The lowest BCUT2D eigenvalue weighted by Crippen LogP contribution is -2.40. The van der Waals surface area contributed by atoms with Crippen molar-refractivity contribution in [2.24, 2.45) is 5.92 Å². The van der Waals surface area contributed by atoms with Gasteiger partial charge in [0, 0.05) is 19.3 Å². The molecule has 1 aliphatic rings. The Bertz CT molecular complexity index is 905. The highest BCUT2D eigenvalue weighted by atomic mass is 32.2. The molecule has 0 aromatic carbocycles. The number of hydrogen-bond acceptors (Lipinski definition) is 7. The first-order chi connectivity index (χ1) is 12.4. The Morgan fingerprint density at radius 2 is 2.12 bits per heavy atom. The maximum atomic E-state index is 12.8. The Labute approximate surface area is 152 Å². The molecule has 0 N–H and O–H groups in total. The van der Waals surface area contributed by atoms with E-state index in [4.69, 9.17) is 14.5 Å². The van der Waals surface area contributed by atoms with Crippen LogP contribution in [0.25, 0.3) is 0 Å². The van der Waals surface area contributed by atoms with Gasteiger partial charge in [-0.2, -0.15) is 9.57 Å². The summed E-state index contributed by atoms with van der Waals surface area (Å²) in [5.41, 5.74) is 0.776. The van der Waals surface area contributed by atoms with E-state index in [-0.39, 0.29) is 10.8 Å². The zero-order chi connectivity index (χ0) is 18.7. The smallest absolute Gasteiger partial charge is 0.248 e. The maximum Gasteiger partial charge on any atom is 0.248 e. The van der Waals surface area contributed by atoms with Gasteiger partial charge in [0.05, 0.1) is 6.61 Å². The first-order valence-electron chi connectivity index (χ1n) is 8.34. The van der Waals surface area contributed by atoms with Gasteiger partial charge in [0.2, 0.25) is 15.9 Å². The molecule has 0 saturated carbocycles. The van der Waals surface area contributed by atoms with Gasteiger partial charge in [0.1, 0.15) is 22.2 Å². The van der Waals surface area contributed by atoms with Gasteiger partial charge in [-0.3, -0.25) is 0 Å². The Kier molecular flexibility index (Phi) is 5.25. The summed E-state index contributed by atoms with van der Waals surface area (Å²) in [6, 6.07) is 5.38. The molecule has 0 unspecified atom stereocenters. The molecule has 1 saturated heterocycles. The van der Waals surface area contributed by atoms with Gasteiger partial charge in [-0.05, 0) is 44.7 Å². The fourth-order valence-corrected chi connectivity index (χ4v) is 4.84. The molecule has 0 radical (unpaired) electrons. The van der Waals surface area contributed by atoms with E-state index in [9.17, 15) is 8.42 Å². The molecule has 3 heterocycles. The molecule has 0 spiro atoms. The summed E-state index contributed by atoms with van der Waals surface area (Å²) in [5.74, 6) is 0.840. The Hall–Kier alpha value is -2.44. The molecule has 1 aliphatic heterocycles. The minimum Gasteiger partial charge on any atom is -0.476 e. The molecule has 2 aromatic rings. The first-order valence-corrected chi connectivity index (χ1v) is 9.78. The number of sulfonamides is 1. The van der Waals surface area contributed by atoms with E-state index in [1.54, 1.807) is 32.2 Å². The van der Waals surface area contributed by atoms with E-state index >= 15 is 0 Å². The molecular weight excluding hydrogens is 356 g/mol. The molecule has 138 valence electrons. The van der Waals surface area contributed by atoms with E-state index in [0.29, 0.717) is 55.4 Å². The van der Waals surface area contributed by atoms with Crippen molar-refractivity contribution in [2.75, 3.05) is 19.7 Å². The van der Waals surface area contributed by atoms with Crippen LogP contribution in [-0.2, 0) is 10.0 Å². The number of pyridine rings is 1. The lowest BCUT2D eigenvalue weighted by molar-refractivity contribution is 0.180. The second-order valence-corrected chi connectivity index (χ2v) is 8.15. The number of rotatable bonds is 5. The highest BCUT2D eigenvalue weighted by molar-refractivity contribution is 7.89. The molecule has 1 fully saturated rings. The quantitative estimate of drug-likeness (QED) is 0.785. The summed E-state index contributed by atoms with van der Waals surface area (Å²) in [5, 5.41) is 12.8. The molecule has 0 bridgehead atoms. The Balaban J connectivity index is 1.60. The van der Waals surface area contributed by atoms with Crippen molar-refractivity contribution in [3.63, 3.8) is 0 Å². The van der Waals surface area contributed by atoms with Crippen LogP contribution in [0, 0.1) is 31.1 Å². The number of aryl methyl sites for hydroxylation is 2. The van der Waals surface area contributed by atoms with Gasteiger partial charge >= 0.3 is 0 Å². The van der Waals surface area contributed by atoms with Crippen LogP contribution in [0.15, 0.2) is 27.7 Å². The molecular formula is C17H20N4O4S. The first kappa shape index (κ1) is 18.4. The minimum absolute atomic E-state index is 0.166. The van der Waals surface area contributed by atoms with Crippen LogP contribution >= 0.6 is 0 Å². The topological polar surface area (TPSA) is 109 Å². The number of aromatic nitrogens is 2. The van der Waals surface area contributed by atoms with Crippen LogP contribution in [0.4, 0.5) is 0 Å². The second kappa shape index (κ2) is 7.43. The fourth-order valence-electron chi connectivity index (χ4n) is 3.08. The zero-order valence-corrected chi connectivity index (χ0v) is 15.5. The zero-order valence-electron chi connectivity index (χ0n) is 14.7. The summed E-state index contributed by atoms with van der Waals surface area (Å²) >= 11 is 0. The van der Waals surface area contributed by atoms with Crippen molar-refractivity contribution in [2.45, 2.75) is 31.6 Å². The van der Waals surface area contributed by atoms with Crippen molar-refractivity contribution < 1.29 is 17.7 Å². The second-order valence-electron chi connectivity index (χ2n) is 6.28. The van der Waals surface area contributed by atoms with Crippen molar-refractivity contribution in [3.05, 3.63) is 35.3 Å². The van der Waals surface area contributed by atoms with Gasteiger partial charge in [-0.25, -0.2) is 13.4 Å². The van der Waals surface area contributed by atoms with Crippen molar-refractivity contribution >= 4 is 10.0 Å². The van der Waals surface area contributed by atoms with Gasteiger partial charge < -0.3 is 9.26 Å². The molecule has 8 nitrogen and oxygen atoms in total. The van der Waals surface area contributed by atoms with Crippen LogP contribution < -0.4 is 4.74 Å². The van der Waals surface area contributed by atoms with Crippen LogP contribution in [0.5, 0.6) is 5.88 Å². The lowest BCUT2D eigenvalue weighted by atomic mass is 9.99. The highest BCUT2D eigenvalue weighted by Gasteiger charge is 2.33. The van der Waals surface area contributed by atoms with Gasteiger partial charge in [-0.1, -0.05) is 5.16 Å². The molecule has 0 atom stereocenters. The van der Waals surface area contributed by atoms with Gasteiger partial charge in [-0.15, -0.1) is 0 Å². The number of piperidine rings is 1. The normalized spacial score (nSPS) is 16.3. The summed E-state index contributed by atoms with van der Waals surface area (Å²) in [6.07, 6.45) is 2.93. The molecule has 0 aliphatic carbocycles. The van der Waals surface area contributed by atoms with Crippen molar-refractivity contribution in [3.8, 4) is 11.9 Å². The van der Waals surface area contributed by atoms with Crippen LogP contribution in [-0.4, -0.2) is 42.6 Å². The monoisotopic (exact) mass is 376 g/mol. The van der Waals surface area contributed by atoms with Crippen LogP contribution in [0.1, 0.15) is 29.9 Å². The van der Waals surface area contributed by atoms with E-state index in [1.165, 1.54) is 4.31 Å². The third-order valence-electron chi connectivity index (χ3n) is 4.49. The molecule has 26 heavy (non-hydrogen) atoms. The van der Waals surface area contributed by atoms with E-state index < -0.39 is 10.0 Å². The Morgan fingerprint density at radius 1 is 1.38 bits per heavy atom. The molecule has 0 amide bonds. The largest absolute Gasteiger partial charge is 0.476 e. The standard InChI is InChI=1S/C17H20N4O4S/c1-12-16(13(2)25-20-12)26(22,23)21-8-5-14(6-9-21)11-24-17-15(10-18)4-3-7-19-17/h3-4,7,14H,5-6,8-9,11H2,1-2H3. The number of ether oxygens (including phenoxy) is 1. The van der Waals surface area contributed by atoms with Crippen molar-refractivity contribution in [1.29, 1.82) is 5.26 Å². The highest BCUT2D eigenvalue weighted by Crippen LogP contribution is 2.28. The molecule has 2 aromatic heterocycles. The predicted octanol–water partition coefficient (Wildman–Crippen LogP) is 2.04. The average Bonchev–Trinajstić information content (AvgIpc) is 2.99. The number of nitriles is 1. The van der Waals surface area contributed by atoms with Gasteiger partial charge in [0.15, 0.2) is 5.76 Å². The van der Waals surface area contributed by atoms with Crippen molar-refractivity contribution in [1.82, 2.24) is 14.4 Å². The van der Waals surface area contributed by atoms with E-state index in [1.807, 2.05) is 6.07 Å². The lowest BCUT2D eigenvalue weighted by Gasteiger charge is -2.30. The van der Waals surface area contributed by atoms with Crippen LogP contribution in [0.2, 0.25) is 0 Å². The summed E-state index contributed by atoms with van der Waals surface area (Å²) in [7, 11) is -3.60. The van der Waals surface area contributed by atoms with E-state index in [0.717, 1.165) is 0 Å². The SMILES string of the molecule is Cc1noc(C)c1S(=O)(=O)N1CCC(COc2ncccc2C#N)CC1. The van der Waals surface area contributed by atoms with Gasteiger partial charge in [0.25, 0.3) is 0 Å². The summed E-state index contributed by atoms with van der Waals surface area (Å²) in [4.78, 5) is 4.24. The predicted molar refractivity (Wildman–Crippen MR) is 91.9 cm³/mol. The maximum absolute atomic E-state index is 12.8. The third kappa shape index (κ3) is 3.57. The summed E-state index contributed by atoms with van der Waals surface area (Å²) in [6.45, 7) is 4.46. The average molecular weight is 376 g/mol. The van der Waals surface area contributed by atoms with Crippen LogP contribution in [0.3, 0.4) is 0 Å². The third-order valence-corrected chi connectivity index (χ3v) is 6.63. The van der Waals surface area contributed by atoms with E-state index in [2.05, 4.69) is 10.1 Å². The number of hydrogen-bond donors (Lipinski definition) is 0. The number of nitrogens with zero attached hydrogens (tertiary/aromatic N) is 4. The fraction of sp³-hybridized carbons (Fsp3) is 0.471. The molecule has 9 heteroatoms.